The molecule has 7 nitrogen and oxygen atoms in total. The molecule has 4 rings (SSSR count). The molecule has 0 fully saturated rings. The largest absolute Gasteiger partial charge is 0.456 e. The summed E-state index contributed by atoms with van der Waals surface area (Å²) in [5.41, 5.74) is -5.39. The number of alkyl halides is 1. The highest BCUT2D eigenvalue weighted by atomic mass is 19.1. The Hall–Kier alpha value is -4.23. The number of halogens is 3. The van der Waals surface area contributed by atoms with Gasteiger partial charge in [-0.05, 0) is 49.4 Å². The summed E-state index contributed by atoms with van der Waals surface area (Å²) < 4.78 is 51.4. The number of aliphatic hydroxyl groups is 1. The van der Waals surface area contributed by atoms with E-state index in [1.54, 1.807) is 24.3 Å². The van der Waals surface area contributed by atoms with Crippen LogP contribution in [-0.4, -0.2) is 24.9 Å². The number of ether oxygens (including phenoxy) is 1. The molecule has 2 aromatic carbocycles. The molecule has 0 bridgehead atoms. The number of nitrogens with zero attached hydrogens (tertiary/aromatic N) is 5. The van der Waals surface area contributed by atoms with Gasteiger partial charge in [-0.15, -0.1) is 0 Å². The standard InChI is InChI=1S/C24H18F3N5O2/c1-23(27,22-9-7-19(12-30-22)34-18-5-2-16(11-28)3-6-18)24(33,13-32-15-29-14-31-32)20-8-4-17(25)10-21(20)26/h2-10,12,14-15,33H,13H2,1H3. The second kappa shape index (κ2) is 8.96. The van der Waals surface area contributed by atoms with Crippen LogP contribution in [0.4, 0.5) is 13.2 Å². The van der Waals surface area contributed by atoms with Crippen molar-refractivity contribution < 1.29 is 23.0 Å². The average Bonchev–Trinajstić information content (AvgIpc) is 3.32. The molecule has 0 radical (unpaired) electrons. The lowest BCUT2D eigenvalue weighted by Crippen LogP contribution is -2.48. The molecule has 2 heterocycles. The van der Waals surface area contributed by atoms with E-state index >= 15 is 4.39 Å². The van der Waals surface area contributed by atoms with E-state index in [-0.39, 0.29) is 11.4 Å². The van der Waals surface area contributed by atoms with Gasteiger partial charge in [-0.1, -0.05) is 6.07 Å². The maximum atomic E-state index is 16.4. The van der Waals surface area contributed by atoms with Crippen molar-refractivity contribution in [2.75, 3.05) is 0 Å². The molecule has 0 aliphatic heterocycles. The third-order valence-corrected chi connectivity index (χ3v) is 5.45. The first kappa shape index (κ1) is 22.9. The minimum absolute atomic E-state index is 0.217. The summed E-state index contributed by atoms with van der Waals surface area (Å²) in [4.78, 5) is 7.86. The molecule has 0 aliphatic carbocycles. The van der Waals surface area contributed by atoms with Gasteiger partial charge in [0, 0.05) is 11.6 Å². The van der Waals surface area contributed by atoms with Crippen molar-refractivity contribution in [3.05, 3.63) is 102 Å². The molecule has 0 saturated heterocycles. The zero-order valence-electron chi connectivity index (χ0n) is 17.9. The van der Waals surface area contributed by atoms with Gasteiger partial charge >= 0.3 is 0 Å². The van der Waals surface area contributed by atoms with Crippen LogP contribution in [0.2, 0.25) is 0 Å². The van der Waals surface area contributed by atoms with Crippen LogP contribution in [0.25, 0.3) is 0 Å². The fourth-order valence-corrected chi connectivity index (χ4v) is 3.52. The van der Waals surface area contributed by atoms with E-state index in [1.165, 1.54) is 31.0 Å². The summed E-state index contributed by atoms with van der Waals surface area (Å²) in [6, 6.07) is 13.6. The second-order valence-corrected chi connectivity index (χ2v) is 7.70. The van der Waals surface area contributed by atoms with Crippen LogP contribution >= 0.6 is 0 Å². The predicted octanol–water partition coefficient (Wildman–Crippen LogP) is 4.39. The highest BCUT2D eigenvalue weighted by Gasteiger charge is 2.53. The lowest BCUT2D eigenvalue weighted by atomic mass is 9.77. The Labute approximate surface area is 192 Å². The van der Waals surface area contributed by atoms with E-state index in [0.717, 1.165) is 23.7 Å². The zero-order valence-corrected chi connectivity index (χ0v) is 17.9. The first-order valence-electron chi connectivity index (χ1n) is 10.1. The highest BCUT2D eigenvalue weighted by Crippen LogP contribution is 2.45. The van der Waals surface area contributed by atoms with Crippen LogP contribution in [0.15, 0.2) is 73.4 Å². The minimum atomic E-state index is -2.65. The fourth-order valence-electron chi connectivity index (χ4n) is 3.52. The normalized spacial score (nSPS) is 14.6. The Morgan fingerprint density at radius 2 is 1.82 bits per heavy atom. The van der Waals surface area contributed by atoms with Crippen molar-refractivity contribution in [3.8, 4) is 17.6 Å². The first-order chi connectivity index (χ1) is 16.2. The van der Waals surface area contributed by atoms with Gasteiger partial charge in [-0.25, -0.2) is 22.8 Å². The Kier molecular flexibility index (Phi) is 6.04. The molecule has 34 heavy (non-hydrogen) atoms. The number of aromatic nitrogens is 4. The van der Waals surface area contributed by atoms with Crippen LogP contribution < -0.4 is 4.74 Å². The molecule has 4 aromatic rings. The summed E-state index contributed by atoms with van der Waals surface area (Å²) >= 11 is 0. The fraction of sp³-hybridized carbons (Fsp3) is 0.167. The Balaban J connectivity index is 1.68. The molecular weight excluding hydrogens is 447 g/mol. The first-order valence-corrected chi connectivity index (χ1v) is 10.1. The van der Waals surface area contributed by atoms with Crippen LogP contribution in [0.5, 0.6) is 11.5 Å². The van der Waals surface area contributed by atoms with Crippen molar-refractivity contribution >= 4 is 0 Å². The topological polar surface area (TPSA) is 96.8 Å². The smallest absolute Gasteiger partial charge is 0.184 e. The summed E-state index contributed by atoms with van der Waals surface area (Å²) in [5, 5.41) is 24.3. The van der Waals surface area contributed by atoms with Crippen LogP contribution in [-0.2, 0) is 17.8 Å². The summed E-state index contributed by atoms with van der Waals surface area (Å²) in [6.45, 7) is 0.532. The van der Waals surface area contributed by atoms with Gasteiger partial charge in [0.2, 0.25) is 0 Å². The maximum absolute atomic E-state index is 16.4. The van der Waals surface area contributed by atoms with Crippen LogP contribution in [0, 0.1) is 23.0 Å². The zero-order chi connectivity index (χ0) is 24.3. The molecule has 172 valence electrons. The van der Waals surface area contributed by atoms with E-state index in [9.17, 15) is 13.9 Å². The number of hydrogen-bond donors (Lipinski definition) is 1. The van der Waals surface area contributed by atoms with Gasteiger partial charge in [0.1, 0.15) is 35.8 Å². The van der Waals surface area contributed by atoms with Gasteiger partial charge < -0.3 is 9.84 Å². The third-order valence-electron chi connectivity index (χ3n) is 5.45. The molecule has 0 aliphatic rings. The summed E-state index contributed by atoms with van der Waals surface area (Å²) in [7, 11) is 0. The van der Waals surface area contributed by atoms with E-state index < -0.39 is 35.0 Å². The van der Waals surface area contributed by atoms with Crippen LogP contribution in [0.1, 0.15) is 23.7 Å². The third kappa shape index (κ3) is 4.33. The summed E-state index contributed by atoms with van der Waals surface area (Å²) in [6.07, 6.45) is 3.68. The lowest BCUT2D eigenvalue weighted by Gasteiger charge is -2.39. The minimum Gasteiger partial charge on any atom is -0.456 e. The molecule has 0 amide bonds. The molecule has 2 atom stereocenters. The number of benzene rings is 2. The Bertz CT molecular complexity index is 1320. The van der Waals surface area contributed by atoms with Crippen molar-refractivity contribution in [2.45, 2.75) is 24.7 Å². The summed E-state index contributed by atoms with van der Waals surface area (Å²) in [5.74, 6) is -1.27. The highest BCUT2D eigenvalue weighted by molar-refractivity contribution is 5.38. The number of hydrogen-bond acceptors (Lipinski definition) is 6. The van der Waals surface area contributed by atoms with Crippen LogP contribution in [0.3, 0.4) is 0 Å². The molecule has 0 saturated carbocycles. The van der Waals surface area contributed by atoms with E-state index in [1.807, 2.05) is 6.07 Å². The van der Waals surface area contributed by atoms with E-state index in [2.05, 4.69) is 15.1 Å². The van der Waals surface area contributed by atoms with Crippen molar-refractivity contribution in [2.24, 2.45) is 0 Å². The van der Waals surface area contributed by atoms with Gasteiger partial charge in [-0.3, -0.25) is 4.98 Å². The Morgan fingerprint density at radius 1 is 1.09 bits per heavy atom. The van der Waals surface area contributed by atoms with Gasteiger partial charge in [0.15, 0.2) is 11.3 Å². The SMILES string of the molecule is CC(F)(c1ccc(Oc2ccc(C#N)cc2)cn1)C(O)(Cn1cncn1)c1ccc(F)cc1F. The number of nitriles is 1. The quantitative estimate of drug-likeness (QED) is 0.435. The number of pyridine rings is 1. The van der Waals surface area contributed by atoms with E-state index in [4.69, 9.17) is 10.00 Å². The van der Waals surface area contributed by atoms with Crippen molar-refractivity contribution in [1.82, 2.24) is 19.7 Å². The lowest BCUT2D eigenvalue weighted by molar-refractivity contribution is -0.123. The molecule has 10 heteroatoms. The molecular formula is C24H18F3N5O2. The van der Waals surface area contributed by atoms with E-state index in [0.29, 0.717) is 17.4 Å². The molecule has 2 unspecified atom stereocenters. The van der Waals surface area contributed by atoms with Gasteiger partial charge in [0.05, 0.1) is 30.1 Å². The van der Waals surface area contributed by atoms with Gasteiger partial charge in [-0.2, -0.15) is 10.4 Å². The maximum Gasteiger partial charge on any atom is 0.184 e. The van der Waals surface area contributed by atoms with Crippen molar-refractivity contribution in [1.29, 1.82) is 5.26 Å². The predicted molar refractivity (Wildman–Crippen MR) is 114 cm³/mol. The van der Waals surface area contributed by atoms with Crippen molar-refractivity contribution in [3.63, 3.8) is 0 Å². The number of rotatable bonds is 7. The van der Waals surface area contributed by atoms with Gasteiger partial charge in [0.25, 0.3) is 0 Å². The molecule has 2 aromatic heterocycles. The Morgan fingerprint density at radius 3 is 2.41 bits per heavy atom. The second-order valence-electron chi connectivity index (χ2n) is 7.70. The molecule has 1 N–H and O–H groups in total. The molecule has 0 spiro atoms. The monoisotopic (exact) mass is 465 g/mol. The average molecular weight is 465 g/mol.